The normalized spacial score (nSPS) is 13.4. The molecule has 0 aromatic carbocycles. The molecule has 0 unspecified atom stereocenters. The number of ether oxygens (including phenoxy) is 1. The van der Waals surface area contributed by atoms with Gasteiger partial charge >= 0.3 is 5.97 Å². The second-order valence-electron chi connectivity index (χ2n) is 6.57. The van der Waals surface area contributed by atoms with Crippen LogP contribution in [0.15, 0.2) is 24.4 Å². The van der Waals surface area contributed by atoms with Crippen molar-refractivity contribution in [3.63, 3.8) is 0 Å². The Balaban J connectivity index is 1.84. The molecule has 0 radical (unpaired) electrons. The second-order valence-corrected chi connectivity index (χ2v) is 8.06. The van der Waals surface area contributed by atoms with E-state index < -0.39 is 0 Å². The number of hydrogen-bond donors (Lipinski definition) is 1. The number of halogens is 1. The van der Waals surface area contributed by atoms with Gasteiger partial charge in [0.25, 0.3) is 11.1 Å². The van der Waals surface area contributed by atoms with Crippen molar-refractivity contribution in [2.75, 3.05) is 5.32 Å². The quantitative estimate of drug-likeness (QED) is 0.478. The molecule has 2 aromatic heterocycles. The van der Waals surface area contributed by atoms with Gasteiger partial charge in [0, 0.05) is 17.0 Å². The summed E-state index contributed by atoms with van der Waals surface area (Å²) in [7, 11) is 0. The summed E-state index contributed by atoms with van der Waals surface area (Å²) in [5, 5.41) is 3.96. The Morgan fingerprint density at radius 3 is 2.81 bits per heavy atom. The Labute approximate surface area is 161 Å². The number of aromatic nitrogens is 1. The van der Waals surface area contributed by atoms with Crippen LogP contribution < -0.4 is 9.88 Å². The van der Waals surface area contributed by atoms with E-state index in [1.54, 1.807) is 16.8 Å². The fraction of sp³-hybridized carbons (Fsp3) is 0.421. The van der Waals surface area contributed by atoms with Gasteiger partial charge in [-0.1, -0.05) is 0 Å². The highest BCUT2D eigenvalue weighted by Crippen LogP contribution is 2.38. The Kier molecular flexibility index (Phi) is 5.94. The highest BCUT2D eigenvalue weighted by atomic mass is 35.5. The van der Waals surface area contributed by atoms with Crippen molar-refractivity contribution < 1.29 is 18.9 Å². The predicted molar refractivity (Wildman–Crippen MR) is 102 cm³/mol. The molecule has 2 aromatic rings. The second kappa shape index (κ2) is 8.18. The lowest BCUT2D eigenvalue weighted by Gasteiger charge is -2.14. The summed E-state index contributed by atoms with van der Waals surface area (Å²) >= 11 is 7.59. The summed E-state index contributed by atoms with van der Waals surface area (Å²) in [6, 6.07) is 5.35. The van der Waals surface area contributed by atoms with E-state index in [2.05, 4.69) is 5.32 Å². The molecule has 1 aliphatic carbocycles. The lowest BCUT2D eigenvalue weighted by atomic mass is 9.95. The number of esters is 1. The Morgan fingerprint density at radius 2 is 2.08 bits per heavy atom. The number of nitrogens with zero attached hydrogens (tertiary/aromatic N) is 1. The van der Waals surface area contributed by atoms with Crippen LogP contribution in [0.2, 0.25) is 5.15 Å². The van der Waals surface area contributed by atoms with Crippen molar-refractivity contribution in [3.8, 4) is 0 Å². The zero-order valence-corrected chi connectivity index (χ0v) is 16.5. The SMILES string of the molecule is CC(C)OC(=O)c1c(NC(=O)C[n+]2ccccc2Cl)sc2c1CCCC2. The molecule has 0 saturated carbocycles. The van der Waals surface area contributed by atoms with E-state index in [-0.39, 0.29) is 24.5 Å². The van der Waals surface area contributed by atoms with Gasteiger partial charge in [-0.2, -0.15) is 4.57 Å². The third-order valence-corrected chi connectivity index (χ3v) is 5.72. The maximum absolute atomic E-state index is 12.6. The summed E-state index contributed by atoms with van der Waals surface area (Å²) in [6.07, 6.45) is 5.49. The lowest BCUT2D eigenvalue weighted by molar-refractivity contribution is -0.681. The van der Waals surface area contributed by atoms with Crippen molar-refractivity contribution in [1.29, 1.82) is 0 Å². The molecular formula is C19H22ClN2O3S+. The highest BCUT2D eigenvalue weighted by molar-refractivity contribution is 7.17. The molecule has 138 valence electrons. The predicted octanol–water partition coefficient (Wildman–Crippen LogP) is 3.77. The van der Waals surface area contributed by atoms with E-state index >= 15 is 0 Å². The van der Waals surface area contributed by atoms with E-state index in [1.807, 2.05) is 26.0 Å². The number of aryl methyl sites for hydroxylation is 1. The number of anilines is 1. The van der Waals surface area contributed by atoms with Gasteiger partial charge in [-0.15, -0.1) is 11.3 Å². The fourth-order valence-corrected chi connectivity index (χ4v) is 4.53. The molecule has 5 nitrogen and oxygen atoms in total. The minimum absolute atomic E-state index is 0.0842. The van der Waals surface area contributed by atoms with Gasteiger partial charge in [-0.05, 0) is 62.8 Å². The first-order valence-corrected chi connectivity index (χ1v) is 9.94. The van der Waals surface area contributed by atoms with E-state index in [1.165, 1.54) is 16.2 Å². The Hall–Kier alpha value is -1.92. The number of carbonyl (C=O) groups excluding carboxylic acids is 2. The van der Waals surface area contributed by atoms with Gasteiger partial charge in [-0.3, -0.25) is 4.79 Å². The summed E-state index contributed by atoms with van der Waals surface area (Å²) in [5.41, 5.74) is 1.56. The monoisotopic (exact) mass is 393 g/mol. The van der Waals surface area contributed by atoms with Gasteiger partial charge in [0.2, 0.25) is 6.54 Å². The van der Waals surface area contributed by atoms with E-state index in [4.69, 9.17) is 16.3 Å². The zero-order valence-electron chi connectivity index (χ0n) is 14.9. The largest absolute Gasteiger partial charge is 0.459 e. The highest BCUT2D eigenvalue weighted by Gasteiger charge is 2.28. The van der Waals surface area contributed by atoms with Gasteiger partial charge in [0.05, 0.1) is 11.7 Å². The number of fused-ring (bicyclic) bond motifs is 1. The van der Waals surface area contributed by atoms with Crippen LogP contribution in [0.5, 0.6) is 0 Å². The number of carbonyl (C=O) groups is 2. The Morgan fingerprint density at radius 1 is 1.31 bits per heavy atom. The van der Waals surface area contributed by atoms with Gasteiger partial charge in [-0.25, -0.2) is 4.79 Å². The topological polar surface area (TPSA) is 59.3 Å². The first kappa shape index (κ1) is 18.9. The molecule has 1 aliphatic rings. The minimum atomic E-state index is -0.361. The molecule has 0 atom stereocenters. The maximum Gasteiger partial charge on any atom is 0.341 e. The van der Waals surface area contributed by atoms with Crippen LogP contribution in [0.1, 0.15) is 47.5 Å². The van der Waals surface area contributed by atoms with Crippen LogP contribution in [0.25, 0.3) is 0 Å². The van der Waals surface area contributed by atoms with E-state index in [0.717, 1.165) is 31.2 Å². The van der Waals surface area contributed by atoms with Crippen molar-refractivity contribution in [2.24, 2.45) is 0 Å². The molecular weight excluding hydrogens is 372 g/mol. The number of amides is 1. The first-order chi connectivity index (χ1) is 12.5. The van der Waals surface area contributed by atoms with Crippen molar-refractivity contribution in [1.82, 2.24) is 0 Å². The summed E-state index contributed by atoms with van der Waals surface area (Å²) in [6.45, 7) is 3.73. The zero-order chi connectivity index (χ0) is 18.7. The van der Waals surface area contributed by atoms with Gasteiger partial charge < -0.3 is 10.1 Å². The molecule has 0 bridgehead atoms. The molecule has 0 fully saturated rings. The fourth-order valence-electron chi connectivity index (χ4n) is 3.05. The molecule has 0 spiro atoms. The van der Waals surface area contributed by atoms with Gasteiger partial charge in [0.15, 0.2) is 6.20 Å². The summed E-state index contributed by atoms with van der Waals surface area (Å²) < 4.78 is 7.06. The number of rotatable bonds is 5. The van der Waals surface area contributed by atoms with Crippen molar-refractivity contribution in [2.45, 2.75) is 52.2 Å². The lowest BCUT2D eigenvalue weighted by Crippen LogP contribution is -2.40. The van der Waals surface area contributed by atoms with Crippen LogP contribution in [-0.4, -0.2) is 18.0 Å². The molecule has 7 heteroatoms. The average Bonchev–Trinajstić information content (AvgIpc) is 2.94. The van der Waals surface area contributed by atoms with Crippen LogP contribution in [0.4, 0.5) is 5.00 Å². The van der Waals surface area contributed by atoms with Crippen molar-refractivity contribution >= 4 is 39.8 Å². The van der Waals surface area contributed by atoms with Crippen LogP contribution >= 0.6 is 22.9 Å². The van der Waals surface area contributed by atoms with E-state index in [9.17, 15) is 9.59 Å². The van der Waals surface area contributed by atoms with Crippen LogP contribution in [-0.2, 0) is 28.9 Å². The molecule has 1 amide bonds. The number of thiophene rings is 1. The number of hydrogen-bond acceptors (Lipinski definition) is 4. The third-order valence-electron chi connectivity index (χ3n) is 4.17. The summed E-state index contributed by atoms with van der Waals surface area (Å²) in [4.78, 5) is 26.3. The molecule has 26 heavy (non-hydrogen) atoms. The molecule has 1 N–H and O–H groups in total. The third kappa shape index (κ3) is 4.24. The smallest absolute Gasteiger partial charge is 0.341 e. The minimum Gasteiger partial charge on any atom is -0.459 e. The molecule has 0 saturated heterocycles. The average molecular weight is 394 g/mol. The molecule has 2 heterocycles. The van der Waals surface area contributed by atoms with Crippen LogP contribution in [0.3, 0.4) is 0 Å². The number of nitrogens with one attached hydrogen (secondary N) is 1. The Bertz CT molecular complexity index is 832. The van der Waals surface area contributed by atoms with E-state index in [0.29, 0.717) is 15.7 Å². The van der Waals surface area contributed by atoms with Gasteiger partial charge in [0.1, 0.15) is 5.00 Å². The molecule has 0 aliphatic heterocycles. The first-order valence-electron chi connectivity index (χ1n) is 8.75. The van der Waals surface area contributed by atoms with Crippen LogP contribution in [0, 0.1) is 0 Å². The van der Waals surface area contributed by atoms with Crippen molar-refractivity contribution in [3.05, 3.63) is 45.6 Å². The standard InChI is InChI=1S/C19H21ClN2O3S/c1-12(2)25-19(24)17-13-7-3-4-8-14(13)26-18(17)21-16(23)11-22-10-6-5-9-15(22)20/h5-6,9-10,12H,3-4,7-8,11H2,1-2H3/p+1. The maximum atomic E-state index is 12.6. The molecule has 3 rings (SSSR count). The number of pyridine rings is 1. The summed E-state index contributed by atoms with van der Waals surface area (Å²) in [5.74, 6) is -0.583.